The van der Waals surface area contributed by atoms with Crippen LogP contribution in [0.2, 0.25) is 0 Å². The van der Waals surface area contributed by atoms with E-state index in [4.69, 9.17) is 22.9 Å². The monoisotopic (exact) mass is 488 g/mol. The van der Waals surface area contributed by atoms with Gasteiger partial charge in [-0.1, -0.05) is 13.8 Å². The fourth-order valence-corrected chi connectivity index (χ4v) is 2.77. The van der Waals surface area contributed by atoms with E-state index in [0.717, 1.165) is 0 Å². The lowest BCUT2D eigenvalue weighted by atomic mass is 10.0. The van der Waals surface area contributed by atoms with Gasteiger partial charge in [0.15, 0.2) is 5.96 Å². The van der Waals surface area contributed by atoms with Crippen LogP contribution in [0.1, 0.15) is 39.5 Å². The predicted octanol–water partition coefficient (Wildman–Crippen LogP) is -4.18. The molecule has 15 heteroatoms. The molecule has 0 radical (unpaired) electrons. The first kappa shape index (κ1) is 30.5. The number of primary amides is 1. The number of carbonyl (C=O) groups is 5. The van der Waals surface area contributed by atoms with Gasteiger partial charge >= 0.3 is 5.97 Å². The van der Waals surface area contributed by atoms with Crippen LogP contribution in [-0.2, 0) is 24.0 Å². The molecule has 0 aromatic carbocycles. The molecule has 0 saturated carbocycles. The average Bonchev–Trinajstić information content (AvgIpc) is 2.72. The zero-order valence-corrected chi connectivity index (χ0v) is 19.3. The standard InChI is InChI=1S/C19H36N8O7/c1-9(2)6-11(16(31)26-12(18(33)34)7-14(21)29)25-17(32)13(8-28)27-15(30)10(20)4-3-5-24-19(22)23/h9-13,28H,3-8,20H2,1-2H3,(H2,21,29)(H,25,32)(H,26,31)(H,27,30)(H,33,34)(H4,22,23,24). The van der Waals surface area contributed by atoms with Gasteiger partial charge in [-0.05, 0) is 25.2 Å². The second-order valence-corrected chi connectivity index (χ2v) is 8.06. The molecule has 0 aliphatic rings. The molecular weight excluding hydrogens is 452 g/mol. The van der Waals surface area contributed by atoms with Crippen LogP contribution in [0.5, 0.6) is 0 Å². The van der Waals surface area contributed by atoms with E-state index in [2.05, 4.69) is 20.9 Å². The first-order valence-electron chi connectivity index (χ1n) is 10.6. The molecule has 13 N–H and O–H groups in total. The Labute approximate surface area is 197 Å². The Kier molecular flexibility index (Phi) is 13.8. The Hall–Kier alpha value is -3.46. The van der Waals surface area contributed by atoms with E-state index in [1.165, 1.54) is 0 Å². The minimum Gasteiger partial charge on any atom is -0.480 e. The molecule has 4 amide bonds. The lowest BCUT2D eigenvalue weighted by Gasteiger charge is -2.25. The summed E-state index contributed by atoms with van der Waals surface area (Å²) in [6.45, 7) is 2.99. The zero-order chi connectivity index (χ0) is 26.4. The molecule has 4 atom stereocenters. The van der Waals surface area contributed by atoms with Gasteiger partial charge < -0.3 is 49.1 Å². The summed E-state index contributed by atoms with van der Waals surface area (Å²) in [5, 5.41) is 25.6. The molecule has 34 heavy (non-hydrogen) atoms. The third kappa shape index (κ3) is 12.5. The van der Waals surface area contributed by atoms with Crippen molar-refractivity contribution in [1.29, 1.82) is 0 Å². The number of hydrogen-bond acceptors (Lipinski definition) is 8. The summed E-state index contributed by atoms with van der Waals surface area (Å²) in [7, 11) is 0. The maximum Gasteiger partial charge on any atom is 0.326 e. The van der Waals surface area contributed by atoms with E-state index in [9.17, 15) is 34.2 Å². The van der Waals surface area contributed by atoms with E-state index in [0.29, 0.717) is 6.42 Å². The third-order valence-corrected chi connectivity index (χ3v) is 4.48. The summed E-state index contributed by atoms with van der Waals surface area (Å²) in [6, 6.07) is -5.21. The van der Waals surface area contributed by atoms with Crippen molar-refractivity contribution >= 4 is 35.6 Å². The van der Waals surface area contributed by atoms with Crippen LogP contribution in [0.3, 0.4) is 0 Å². The van der Waals surface area contributed by atoms with Crippen molar-refractivity contribution in [2.75, 3.05) is 13.2 Å². The van der Waals surface area contributed by atoms with E-state index in [1.54, 1.807) is 13.8 Å². The molecule has 15 nitrogen and oxygen atoms in total. The van der Waals surface area contributed by atoms with Crippen molar-refractivity contribution in [3.05, 3.63) is 0 Å². The van der Waals surface area contributed by atoms with Gasteiger partial charge in [0.2, 0.25) is 23.6 Å². The van der Waals surface area contributed by atoms with Crippen LogP contribution < -0.4 is 38.9 Å². The second-order valence-electron chi connectivity index (χ2n) is 8.06. The summed E-state index contributed by atoms with van der Waals surface area (Å²) in [6.07, 6.45) is 0.0725. The number of aliphatic carboxylic acids is 1. The molecule has 0 aromatic heterocycles. The van der Waals surface area contributed by atoms with Crippen molar-refractivity contribution in [1.82, 2.24) is 16.0 Å². The van der Waals surface area contributed by atoms with Gasteiger partial charge in [-0.3, -0.25) is 24.2 Å². The number of aliphatic hydroxyl groups excluding tert-OH is 1. The number of nitrogens with zero attached hydrogens (tertiary/aromatic N) is 1. The molecule has 4 unspecified atom stereocenters. The third-order valence-electron chi connectivity index (χ3n) is 4.48. The highest BCUT2D eigenvalue weighted by molar-refractivity contribution is 5.94. The van der Waals surface area contributed by atoms with Gasteiger partial charge in [0, 0.05) is 6.54 Å². The topological polar surface area (TPSA) is 278 Å². The number of nitrogens with two attached hydrogens (primary N) is 4. The van der Waals surface area contributed by atoms with E-state index < -0.39 is 66.8 Å². The minimum atomic E-state index is -1.58. The number of nitrogens with one attached hydrogen (secondary N) is 3. The van der Waals surface area contributed by atoms with Crippen molar-refractivity contribution in [3.63, 3.8) is 0 Å². The first-order valence-corrected chi connectivity index (χ1v) is 10.6. The van der Waals surface area contributed by atoms with Gasteiger partial charge in [0.25, 0.3) is 0 Å². The van der Waals surface area contributed by atoms with E-state index >= 15 is 0 Å². The number of carbonyl (C=O) groups excluding carboxylic acids is 4. The number of amides is 4. The van der Waals surface area contributed by atoms with Crippen molar-refractivity contribution in [2.24, 2.45) is 33.8 Å². The number of carboxylic acids is 1. The molecule has 0 heterocycles. The SMILES string of the molecule is CC(C)CC(NC(=O)C(CO)NC(=O)C(N)CCCN=C(N)N)C(=O)NC(CC(N)=O)C(=O)O. The lowest BCUT2D eigenvalue weighted by molar-refractivity contribution is -0.144. The second kappa shape index (κ2) is 15.4. The summed E-state index contributed by atoms with van der Waals surface area (Å²) in [5.41, 5.74) is 21.2. The Morgan fingerprint density at radius 2 is 1.41 bits per heavy atom. The molecule has 194 valence electrons. The number of carboxylic acid groups (broad SMARTS) is 1. The lowest BCUT2D eigenvalue weighted by Crippen LogP contribution is -2.58. The Balaban J connectivity index is 5.16. The number of aliphatic hydroxyl groups is 1. The number of hydrogen-bond donors (Lipinski definition) is 9. The molecule has 0 aliphatic heterocycles. The van der Waals surface area contributed by atoms with Crippen molar-refractivity contribution < 1.29 is 34.2 Å². The molecule has 0 rings (SSSR count). The zero-order valence-electron chi connectivity index (χ0n) is 19.3. The van der Waals surface area contributed by atoms with Gasteiger partial charge in [0.05, 0.1) is 19.1 Å². The minimum absolute atomic E-state index is 0.0978. The molecule has 0 aromatic rings. The Morgan fingerprint density at radius 3 is 1.88 bits per heavy atom. The van der Waals surface area contributed by atoms with Crippen molar-refractivity contribution in [2.45, 2.75) is 63.7 Å². The fourth-order valence-electron chi connectivity index (χ4n) is 2.77. The van der Waals surface area contributed by atoms with E-state index in [1.807, 2.05) is 0 Å². The van der Waals surface area contributed by atoms with Crippen LogP contribution >= 0.6 is 0 Å². The molecular formula is C19H36N8O7. The number of guanidine groups is 1. The summed E-state index contributed by atoms with van der Waals surface area (Å²) < 4.78 is 0. The van der Waals surface area contributed by atoms with Crippen LogP contribution in [0.4, 0.5) is 0 Å². The van der Waals surface area contributed by atoms with Gasteiger partial charge in [-0.15, -0.1) is 0 Å². The normalized spacial score (nSPS) is 14.3. The number of rotatable bonds is 16. The quantitative estimate of drug-likeness (QED) is 0.0573. The average molecular weight is 489 g/mol. The maximum atomic E-state index is 12.6. The van der Waals surface area contributed by atoms with Crippen molar-refractivity contribution in [3.8, 4) is 0 Å². The molecule has 0 saturated heterocycles. The summed E-state index contributed by atoms with van der Waals surface area (Å²) in [4.78, 5) is 63.6. The highest BCUT2D eigenvalue weighted by Gasteiger charge is 2.31. The molecule has 0 aliphatic carbocycles. The summed E-state index contributed by atoms with van der Waals surface area (Å²) >= 11 is 0. The Bertz CT molecular complexity index is 755. The van der Waals surface area contributed by atoms with Gasteiger partial charge in [0.1, 0.15) is 18.1 Å². The molecule has 0 spiro atoms. The van der Waals surface area contributed by atoms with Crippen LogP contribution in [0, 0.1) is 5.92 Å². The fraction of sp³-hybridized carbons (Fsp3) is 0.684. The van der Waals surface area contributed by atoms with Crippen LogP contribution in [-0.4, -0.2) is 83.1 Å². The highest BCUT2D eigenvalue weighted by Crippen LogP contribution is 2.07. The highest BCUT2D eigenvalue weighted by atomic mass is 16.4. The predicted molar refractivity (Wildman–Crippen MR) is 122 cm³/mol. The molecule has 0 fully saturated rings. The summed E-state index contributed by atoms with van der Waals surface area (Å²) in [5.74, 6) is -5.07. The van der Waals surface area contributed by atoms with Crippen LogP contribution in [0.25, 0.3) is 0 Å². The maximum absolute atomic E-state index is 12.6. The van der Waals surface area contributed by atoms with Gasteiger partial charge in [-0.2, -0.15) is 0 Å². The van der Waals surface area contributed by atoms with E-state index in [-0.39, 0.29) is 31.3 Å². The molecule has 0 bridgehead atoms. The van der Waals surface area contributed by atoms with Gasteiger partial charge in [-0.25, -0.2) is 4.79 Å². The van der Waals surface area contributed by atoms with Crippen LogP contribution in [0.15, 0.2) is 4.99 Å². The Morgan fingerprint density at radius 1 is 0.882 bits per heavy atom. The largest absolute Gasteiger partial charge is 0.480 e. The smallest absolute Gasteiger partial charge is 0.326 e. The first-order chi connectivity index (χ1) is 15.8. The number of aliphatic imine (C=N–C) groups is 1.